The molecule has 0 aliphatic rings. The van der Waals surface area contributed by atoms with E-state index in [1.165, 1.54) is 24.8 Å². The maximum atomic E-state index is 12.3. The van der Waals surface area contributed by atoms with Gasteiger partial charge in [-0.3, -0.25) is 9.59 Å². The van der Waals surface area contributed by atoms with Crippen molar-refractivity contribution in [3.8, 4) is 11.5 Å². The van der Waals surface area contributed by atoms with Gasteiger partial charge in [0, 0.05) is 11.5 Å². The van der Waals surface area contributed by atoms with Gasteiger partial charge in [-0.15, -0.1) is 0 Å². The van der Waals surface area contributed by atoms with Crippen LogP contribution in [-0.4, -0.2) is 40.8 Å². The molecule has 0 aliphatic carbocycles. The van der Waals surface area contributed by atoms with E-state index in [1.807, 2.05) is 27.7 Å². The molecule has 6 nitrogen and oxygen atoms in total. The number of ether oxygens (including phenoxy) is 2. The summed E-state index contributed by atoms with van der Waals surface area (Å²) in [5.41, 5.74) is 2.05. The quantitative estimate of drug-likeness (QED) is 0.238. The highest BCUT2D eigenvalue weighted by Crippen LogP contribution is 2.30. The molecule has 0 unspecified atom stereocenters. The summed E-state index contributed by atoms with van der Waals surface area (Å²) in [7, 11) is 1.32. The highest BCUT2D eigenvalue weighted by molar-refractivity contribution is 5.86. The Morgan fingerprint density at radius 2 is 1.91 bits per heavy atom. The summed E-state index contributed by atoms with van der Waals surface area (Å²) < 4.78 is 11.0. The Morgan fingerprint density at radius 3 is 2.51 bits per heavy atom. The predicted molar refractivity (Wildman–Crippen MR) is 140 cm³/mol. The van der Waals surface area contributed by atoms with Crippen molar-refractivity contribution in [1.29, 1.82) is 0 Å². The van der Waals surface area contributed by atoms with Crippen molar-refractivity contribution in [1.82, 2.24) is 0 Å². The van der Waals surface area contributed by atoms with E-state index in [2.05, 4.69) is 19.6 Å². The predicted octanol–water partition coefficient (Wildman–Crippen LogP) is 5.86. The van der Waals surface area contributed by atoms with Crippen LogP contribution in [0.3, 0.4) is 0 Å². The third kappa shape index (κ3) is 11.0. The molecule has 194 valence electrons. The monoisotopic (exact) mass is 486 g/mol. The topological polar surface area (TPSA) is 93.1 Å². The van der Waals surface area contributed by atoms with E-state index < -0.39 is 17.7 Å². The minimum absolute atomic E-state index is 0.00123. The summed E-state index contributed by atoms with van der Waals surface area (Å²) in [6.45, 7) is 13.5. The highest BCUT2D eigenvalue weighted by atomic mass is 16.5. The van der Waals surface area contributed by atoms with Crippen molar-refractivity contribution in [2.75, 3.05) is 7.11 Å². The first-order chi connectivity index (χ1) is 16.4. The molecule has 0 spiro atoms. The van der Waals surface area contributed by atoms with E-state index in [1.54, 1.807) is 18.2 Å². The zero-order valence-corrected chi connectivity index (χ0v) is 22.1. The minimum Gasteiger partial charge on any atom is -0.508 e. The number of carbonyl (C=O) groups excluding carboxylic acids is 2. The van der Waals surface area contributed by atoms with Gasteiger partial charge < -0.3 is 19.7 Å². The molecule has 0 fully saturated rings. The van der Waals surface area contributed by atoms with Gasteiger partial charge in [0.2, 0.25) is 0 Å². The van der Waals surface area contributed by atoms with Gasteiger partial charge in [-0.05, 0) is 84.1 Å². The molecule has 0 bridgehead atoms. The second-order valence-corrected chi connectivity index (χ2v) is 9.64. The normalized spacial score (nSPS) is 14.9. The van der Waals surface area contributed by atoms with Crippen LogP contribution in [0, 0.1) is 5.92 Å². The molecular weight excluding hydrogens is 444 g/mol. The number of aliphatic hydroxyl groups excluding tert-OH is 1. The van der Waals surface area contributed by atoms with E-state index in [4.69, 9.17) is 9.47 Å². The molecule has 1 aromatic rings. The lowest BCUT2D eigenvalue weighted by Crippen LogP contribution is -2.30. The van der Waals surface area contributed by atoms with Crippen molar-refractivity contribution >= 4 is 11.8 Å². The Hall–Kier alpha value is -2.86. The maximum absolute atomic E-state index is 12.3. The number of esters is 1. The molecule has 35 heavy (non-hydrogen) atoms. The summed E-state index contributed by atoms with van der Waals surface area (Å²) in [6, 6.07) is 4.67. The van der Waals surface area contributed by atoms with Crippen molar-refractivity contribution < 1.29 is 29.3 Å². The van der Waals surface area contributed by atoms with Crippen LogP contribution in [-0.2, 0) is 20.7 Å². The van der Waals surface area contributed by atoms with Gasteiger partial charge in [-0.2, -0.15) is 0 Å². The van der Waals surface area contributed by atoms with E-state index >= 15 is 0 Å². The molecule has 2 N–H and O–H groups in total. The third-order valence-electron chi connectivity index (χ3n) is 5.99. The average Bonchev–Trinajstić information content (AvgIpc) is 2.79. The number of hydrogen-bond donors (Lipinski definition) is 2. The van der Waals surface area contributed by atoms with Crippen LogP contribution >= 0.6 is 0 Å². The first kappa shape index (κ1) is 30.2. The molecule has 1 aromatic carbocycles. The van der Waals surface area contributed by atoms with Crippen LogP contribution in [0.15, 0.2) is 54.2 Å². The Morgan fingerprint density at radius 1 is 1.23 bits per heavy atom. The SMILES string of the molecule is C=C[C@](C)(CC/C=C(\C)CCC[C@@H](C)C(=O)[C@H](O)C=C(C)C)Oc1ccc(O)cc1CC(=O)OC. The fourth-order valence-electron chi connectivity index (χ4n) is 3.70. The Kier molecular flexibility index (Phi) is 12.5. The summed E-state index contributed by atoms with van der Waals surface area (Å²) in [4.78, 5) is 24.0. The maximum Gasteiger partial charge on any atom is 0.310 e. The number of carbonyl (C=O) groups is 2. The van der Waals surface area contributed by atoms with Crippen molar-refractivity contribution in [2.24, 2.45) is 5.92 Å². The molecule has 6 heteroatoms. The number of ketones is 1. The van der Waals surface area contributed by atoms with Crippen molar-refractivity contribution in [2.45, 2.75) is 84.8 Å². The number of hydrogen-bond acceptors (Lipinski definition) is 6. The average molecular weight is 487 g/mol. The summed E-state index contributed by atoms with van der Waals surface area (Å²) >= 11 is 0. The molecule has 3 atom stereocenters. The summed E-state index contributed by atoms with van der Waals surface area (Å²) in [5.74, 6) is -0.174. The molecule has 0 amide bonds. The largest absolute Gasteiger partial charge is 0.508 e. The first-order valence-corrected chi connectivity index (χ1v) is 12.1. The third-order valence-corrected chi connectivity index (χ3v) is 5.99. The number of allylic oxidation sites excluding steroid dienone is 3. The van der Waals surface area contributed by atoms with Crippen molar-refractivity contribution in [3.05, 3.63) is 59.7 Å². The number of phenols is 1. The smallest absolute Gasteiger partial charge is 0.310 e. The molecule has 0 saturated heterocycles. The minimum atomic E-state index is -1.02. The molecule has 0 radical (unpaired) electrons. The van der Waals surface area contributed by atoms with Crippen LogP contribution in [0.25, 0.3) is 0 Å². The van der Waals surface area contributed by atoms with E-state index in [0.29, 0.717) is 17.7 Å². The molecule has 1 rings (SSSR count). The number of aliphatic hydroxyl groups is 1. The number of phenolic OH excluding ortho intramolecular Hbond substituents is 1. The number of methoxy groups -OCH3 is 1. The number of Topliss-reactive ketones (excluding diaryl/α,β-unsaturated/α-hetero) is 1. The van der Waals surface area contributed by atoms with E-state index in [9.17, 15) is 19.8 Å². The van der Waals surface area contributed by atoms with Gasteiger partial charge >= 0.3 is 5.97 Å². The Balaban J connectivity index is 2.65. The second kappa shape index (κ2) is 14.5. The van der Waals surface area contributed by atoms with Gasteiger partial charge in [-0.25, -0.2) is 0 Å². The van der Waals surface area contributed by atoms with Crippen LogP contribution in [0.2, 0.25) is 0 Å². The molecule has 0 aromatic heterocycles. The fourth-order valence-corrected chi connectivity index (χ4v) is 3.70. The zero-order valence-electron chi connectivity index (χ0n) is 22.1. The van der Waals surface area contributed by atoms with E-state index in [0.717, 1.165) is 31.3 Å². The molecule has 0 aliphatic heterocycles. The van der Waals surface area contributed by atoms with Crippen molar-refractivity contribution in [3.63, 3.8) is 0 Å². The van der Waals surface area contributed by atoms with Crippen LogP contribution < -0.4 is 4.74 Å². The van der Waals surface area contributed by atoms with E-state index in [-0.39, 0.29) is 23.9 Å². The fraction of sp³-hybridized carbons (Fsp3) is 0.517. The first-order valence-electron chi connectivity index (χ1n) is 12.1. The number of aromatic hydroxyl groups is 1. The Bertz CT molecular complexity index is 925. The molecular formula is C29H42O6. The molecule has 0 heterocycles. The highest BCUT2D eigenvalue weighted by Gasteiger charge is 2.24. The summed E-state index contributed by atoms with van der Waals surface area (Å²) in [5, 5.41) is 19.8. The van der Waals surface area contributed by atoms with Gasteiger partial charge in [0.05, 0.1) is 13.5 Å². The summed E-state index contributed by atoms with van der Waals surface area (Å²) in [6.07, 6.45) is 8.41. The lowest BCUT2D eigenvalue weighted by molar-refractivity contribution is -0.139. The van der Waals surface area contributed by atoms with Gasteiger partial charge in [-0.1, -0.05) is 36.8 Å². The molecule has 0 saturated carbocycles. The lowest BCUT2D eigenvalue weighted by Gasteiger charge is -2.28. The van der Waals surface area contributed by atoms with Crippen LogP contribution in [0.5, 0.6) is 11.5 Å². The van der Waals surface area contributed by atoms with Gasteiger partial charge in [0.15, 0.2) is 5.78 Å². The standard InChI is InChI=1S/C29H42O6/c1-8-29(6,35-26-15-14-24(30)18-23(26)19-27(32)34-7)16-10-12-21(4)11-9-13-22(5)28(33)25(31)17-20(2)3/h8,12,14-15,17-18,22,25,30-31H,1,9-11,13,16,19H2,2-7H3/b21-12+/t22-,25-,29-/m1/s1. The Labute approximate surface area is 210 Å². The van der Waals surface area contributed by atoms with Gasteiger partial charge in [0.25, 0.3) is 0 Å². The second-order valence-electron chi connectivity index (χ2n) is 9.64. The lowest BCUT2D eigenvalue weighted by atomic mass is 9.93. The zero-order chi connectivity index (χ0) is 26.6. The number of rotatable bonds is 15. The number of benzene rings is 1. The van der Waals surface area contributed by atoms with Crippen LogP contribution in [0.4, 0.5) is 0 Å². The van der Waals surface area contributed by atoms with Gasteiger partial charge in [0.1, 0.15) is 23.2 Å². The van der Waals surface area contributed by atoms with Crippen LogP contribution in [0.1, 0.15) is 72.3 Å².